The van der Waals surface area contributed by atoms with Crippen LogP contribution in [0.3, 0.4) is 0 Å². The molecule has 0 aliphatic rings. The Bertz CT molecular complexity index is 1310. The van der Waals surface area contributed by atoms with Crippen molar-refractivity contribution in [1.82, 2.24) is 4.98 Å². The molecule has 8 nitrogen and oxygen atoms in total. The average molecular weight is 394 g/mol. The minimum absolute atomic E-state index is 0.0180. The molecule has 0 aliphatic carbocycles. The highest BCUT2D eigenvalue weighted by Gasteiger charge is 2.16. The summed E-state index contributed by atoms with van der Waals surface area (Å²) in [4.78, 5) is 13.7. The van der Waals surface area contributed by atoms with Crippen LogP contribution in [0.4, 0.5) is 17.1 Å². The lowest BCUT2D eigenvalue weighted by Crippen LogP contribution is -2.12. The van der Waals surface area contributed by atoms with E-state index in [2.05, 4.69) is 19.9 Å². The third-order valence-electron chi connectivity index (χ3n) is 3.86. The van der Waals surface area contributed by atoms with Gasteiger partial charge in [0, 0.05) is 11.8 Å². The van der Waals surface area contributed by atoms with Crippen molar-refractivity contribution in [1.29, 1.82) is 0 Å². The van der Waals surface area contributed by atoms with Gasteiger partial charge in [0.05, 0.1) is 21.8 Å². The molecular weight excluding hydrogens is 380 g/mol. The molecule has 2 N–H and O–H groups in total. The molecule has 0 unspecified atom stereocenters. The van der Waals surface area contributed by atoms with Crippen LogP contribution in [0.5, 0.6) is 0 Å². The molecule has 1 heterocycles. The smallest absolute Gasteiger partial charge is 0.408 e. The van der Waals surface area contributed by atoms with E-state index in [0.717, 1.165) is 5.69 Å². The summed E-state index contributed by atoms with van der Waals surface area (Å²) in [6, 6.07) is 19.9. The quantitative estimate of drug-likeness (QED) is 0.490. The van der Waals surface area contributed by atoms with Gasteiger partial charge in [0.2, 0.25) is 0 Å². The fraction of sp³-hybridized carbons (Fsp3) is 0. The zero-order valence-electron chi connectivity index (χ0n) is 14.4. The van der Waals surface area contributed by atoms with Crippen molar-refractivity contribution >= 4 is 38.2 Å². The Hall–Kier alpha value is -3.72. The number of rotatable bonds is 5. The van der Waals surface area contributed by atoms with E-state index in [1.54, 1.807) is 24.3 Å². The Morgan fingerprint density at radius 3 is 2.25 bits per heavy atom. The van der Waals surface area contributed by atoms with Crippen LogP contribution in [0, 0.1) is 0 Å². The lowest BCUT2D eigenvalue weighted by atomic mass is 10.3. The van der Waals surface area contributed by atoms with Gasteiger partial charge in [-0.2, -0.15) is 10.2 Å². The minimum atomic E-state index is -3.84. The third kappa shape index (κ3) is 3.84. The van der Waals surface area contributed by atoms with E-state index in [1.807, 2.05) is 30.3 Å². The zero-order chi connectivity index (χ0) is 19.6. The van der Waals surface area contributed by atoms with Gasteiger partial charge in [-0.3, -0.25) is 9.71 Å². The number of aromatic nitrogens is 1. The van der Waals surface area contributed by atoms with Crippen LogP contribution in [0.1, 0.15) is 0 Å². The van der Waals surface area contributed by atoms with Crippen molar-refractivity contribution < 1.29 is 12.8 Å². The van der Waals surface area contributed by atoms with E-state index in [9.17, 15) is 13.2 Å². The van der Waals surface area contributed by atoms with Crippen molar-refractivity contribution in [2.24, 2.45) is 10.2 Å². The van der Waals surface area contributed by atoms with Crippen molar-refractivity contribution in [3.63, 3.8) is 0 Å². The molecule has 0 bridgehead atoms. The lowest BCUT2D eigenvalue weighted by Gasteiger charge is -2.08. The van der Waals surface area contributed by atoms with Gasteiger partial charge in [0.25, 0.3) is 10.0 Å². The highest BCUT2D eigenvalue weighted by atomic mass is 32.2. The summed E-state index contributed by atoms with van der Waals surface area (Å²) < 4.78 is 32.5. The SMILES string of the molecule is O=c1[nH]c2ccc(S(=O)(=O)Nc3ccc(N=Nc4ccccc4)cc3)cc2o1. The highest BCUT2D eigenvalue weighted by Crippen LogP contribution is 2.23. The molecule has 4 rings (SSSR count). The van der Waals surface area contributed by atoms with Gasteiger partial charge < -0.3 is 4.42 Å². The first-order chi connectivity index (χ1) is 13.5. The second-order valence-electron chi connectivity index (χ2n) is 5.86. The van der Waals surface area contributed by atoms with Crippen LogP contribution >= 0.6 is 0 Å². The van der Waals surface area contributed by atoms with Gasteiger partial charge >= 0.3 is 5.76 Å². The molecule has 0 atom stereocenters. The maximum atomic E-state index is 12.6. The third-order valence-corrected chi connectivity index (χ3v) is 5.24. The summed E-state index contributed by atoms with van der Waals surface area (Å²) in [5.41, 5.74) is 2.28. The van der Waals surface area contributed by atoms with Crippen LogP contribution in [-0.2, 0) is 10.0 Å². The first kappa shape index (κ1) is 17.7. The molecule has 3 aromatic carbocycles. The second-order valence-corrected chi connectivity index (χ2v) is 7.54. The van der Waals surface area contributed by atoms with Gasteiger partial charge in [-0.15, -0.1) is 0 Å². The van der Waals surface area contributed by atoms with E-state index < -0.39 is 15.8 Å². The number of anilines is 1. The van der Waals surface area contributed by atoms with E-state index in [0.29, 0.717) is 16.9 Å². The van der Waals surface area contributed by atoms with E-state index in [1.165, 1.54) is 18.2 Å². The number of azo groups is 1. The van der Waals surface area contributed by atoms with Crippen LogP contribution in [0.25, 0.3) is 11.1 Å². The fourth-order valence-corrected chi connectivity index (χ4v) is 3.59. The lowest BCUT2D eigenvalue weighted by molar-refractivity contribution is 0.554. The van der Waals surface area contributed by atoms with Crippen LogP contribution in [-0.4, -0.2) is 13.4 Å². The first-order valence-corrected chi connectivity index (χ1v) is 9.70. The molecule has 0 saturated carbocycles. The minimum Gasteiger partial charge on any atom is -0.408 e. The Kier molecular flexibility index (Phi) is 4.50. The maximum Gasteiger partial charge on any atom is 0.417 e. The Labute approximate surface area is 159 Å². The average Bonchev–Trinajstić information content (AvgIpc) is 3.07. The summed E-state index contributed by atoms with van der Waals surface area (Å²) in [6.07, 6.45) is 0. The summed E-state index contributed by atoms with van der Waals surface area (Å²) in [5, 5.41) is 8.22. The van der Waals surface area contributed by atoms with Crippen molar-refractivity contribution in [3.8, 4) is 0 Å². The molecule has 0 spiro atoms. The molecule has 0 radical (unpaired) electrons. The number of H-pyrrole nitrogens is 1. The van der Waals surface area contributed by atoms with Gasteiger partial charge in [0.1, 0.15) is 0 Å². The zero-order valence-corrected chi connectivity index (χ0v) is 15.2. The van der Waals surface area contributed by atoms with Crippen molar-refractivity contribution in [2.45, 2.75) is 4.90 Å². The number of aromatic amines is 1. The number of hydrogen-bond acceptors (Lipinski definition) is 6. The monoisotopic (exact) mass is 394 g/mol. The molecule has 28 heavy (non-hydrogen) atoms. The normalized spacial score (nSPS) is 11.9. The van der Waals surface area contributed by atoms with Crippen LogP contribution in [0.15, 0.2) is 97.1 Å². The predicted molar refractivity (Wildman–Crippen MR) is 105 cm³/mol. The molecule has 4 aromatic rings. The molecule has 0 amide bonds. The number of sulfonamides is 1. The largest absolute Gasteiger partial charge is 0.417 e. The summed E-state index contributed by atoms with van der Waals surface area (Å²) in [6.45, 7) is 0. The predicted octanol–water partition coefficient (Wildman–Crippen LogP) is 4.34. The number of oxazole rings is 1. The molecule has 0 saturated heterocycles. The number of fused-ring (bicyclic) bond motifs is 1. The van der Waals surface area contributed by atoms with Gasteiger partial charge in [-0.05, 0) is 48.5 Å². The van der Waals surface area contributed by atoms with E-state index >= 15 is 0 Å². The van der Waals surface area contributed by atoms with Gasteiger partial charge in [-0.25, -0.2) is 13.2 Å². The maximum absolute atomic E-state index is 12.6. The summed E-state index contributed by atoms with van der Waals surface area (Å²) >= 11 is 0. The molecular formula is C19H14N4O4S. The second kappa shape index (κ2) is 7.12. The molecule has 0 aliphatic heterocycles. The molecule has 1 aromatic heterocycles. The van der Waals surface area contributed by atoms with Crippen molar-refractivity contribution in [2.75, 3.05) is 4.72 Å². The number of benzene rings is 3. The molecule has 9 heteroatoms. The Balaban J connectivity index is 1.52. The molecule has 140 valence electrons. The Morgan fingerprint density at radius 2 is 1.54 bits per heavy atom. The number of nitrogens with one attached hydrogen (secondary N) is 2. The number of hydrogen-bond donors (Lipinski definition) is 2. The van der Waals surface area contributed by atoms with Crippen LogP contribution in [0.2, 0.25) is 0 Å². The van der Waals surface area contributed by atoms with Crippen LogP contribution < -0.4 is 10.5 Å². The first-order valence-electron chi connectivity index (χ1n) is 8.22. The highest BCUT2D eigenvalue weighted by molar-refractivity contribution is 7.92. The summed E-state index contributed by atoms with van der Waals surface area (Å²) in [7, 11) is -3.84. The van der Waals surface area contributed by atoms with E-state index in [-0.39, 0.29) is 10.5 Å². The number of nitrogens with zero attached hydrogens (tertiary/aromatic N) is 2. The van der Waals surface area contributed by atoms with Gasteiger partial charge in [0.15, 0.2) is 5.58 Å². The summed E-state index contributed by atoms with van der Waals surface area (Å²) in [5.74, 6) is -0.641. The van der Waals surface area contributed by atoms with Crippen molar-refractivity contribution in [3.05, 3.63) is 83.3 Å². The van der Waals surface area contributed by atoms with E-state index in [4.69, 9.17) is 4.42 Å². The molecule has 0 fully saturated rings. The van der Waals surface area contributed by atoms with Gasteiger partial charge in [-0.1, -0.05) is 18.2 Å². The topological polar surface area (TPSA) is 117 Å². The standard InChI is InChI=1S/C19H14N4O4S/c24-19-20-17-11-10-16(12-18(17)27-19)28(25,26)23-15-8-6-14(7-9-15)22-21-13-4-2-1-3-5-13/h1-12,23H,(H,20,24). The fourth-order valence-electron chi connectivity index (χ4n) is 2.51. The Morgan fingerprint density at radius 1 is 0.857 bits per heavy atom.